The van der Waals surface area contributed by atoms with Gasteiger partial charge < -0.3 is 0 Å². The quantitative estimate of drug-likeness (QED) is 0.536. The normalized spacial score (nSPS) is 54.0. The zero-order valence-corrected chi connectivity index (χ0v) is 7.43. The van der Waals surface area contributed by atoms with Gasteiger partial charge in [-0.3, -0.25) is 0 Å². The Morgan fingerprint density at radius 2 is 1.33 bits per heavy atom. The molecule has 0 atom stereocenters. The Morgan fingerprint density at radius 1 is 1.00 bits per heavy atom. The van der Waals surface area contributed by atoms with Gasteiger partial charge in [0.05, 0.1) is 0 Å². The van der Waals surface area contributed by atoms with Crippen molar-refractivity contribution >= 4 is 27.5 Å². The molecule has 3 rings (SSSR count). The van der Waals surface area contributed by atoms with Crippen LogP contribution in [-0.2, 0) is 0 Å². The van der Waals surface area contributed by atoms with E-state index in [0.29, 0.717) is 10.8 Å². The molecule has 3 saturated carbocycles. The molecule has 3 aliphatic rings. The molecule has 0 heterocycles. The van der Waals surface area contributed by atoms with E-state index in [1.807, 2.05) is 0 Å². The van der Waals surface area contributed by atoms with E-state index in [4.69, 9.17) is 11.6 Å². The van der Waals surface area contributed by atoms with Crippen LogP contribution in [0.15, 0.2) is 0 Å². The fourth-order valence-electron chi connectivity index (χ4n) is 2.58. The highest BCUT2D eigenvalue weighted by Gasteiger charge is 2.94. The topological polar surface area (TPSA) is 0 Å². The molecule has 0 nitrogen and oxygen atoms in total. The Bertz CT molecular complexity index is 158. The van der Waals surface area contributed by atoms with E-state index in [0.717, 1.165) is 0 Å². The number of alkyl halides is 2. The van der Waals surface area contributed by atoms with E-state index in [-0.39, 0.29) is 3.78 Å². The lowest BCUT2D eigenvalue weighted by Crippen LogP contribution is -1.87. The summed E-state index contributed by atoms with van der Waals surface area (Å²) in [6.45, 7) is 0. The van der Waals surface area contributed by atoms with Crippen LogP contribution in [0.1, 0.15) is 25.7 Å². The van der Waals surface area contributed by atoms with Gasteiger partial charge in [-0.05, 0) is 25.7 Å². The van der Waals surface area contributed by atoms with Gasteiger partial charge in [-0.25, -0.2) is 0 Å². The number of hydrogen-bond donors (Lipinski definition) is 0. The third-order valence-electron chi connectivity index (χ3n) is 3.56. The molecule has 0 radical (unpaired) electrons. The molecular weight excluding hydrogens is 199 g/mol. The fourth-order valence-corrected chi connectivity index (χ4v) is 4.72. The summed E-state index contributed by atoms with van der Waals surface area (Å²) in [4.78, 5) is 0. The zero-order valence-electron chi connectivity index (χ0n) is 5.08. The lowest BCUT2D eigenvalue weighted by molar-refractivity contribution is 0.716. The summed E-state index contributed by atoms with van der Waals surface area (Å²) in [5.41, 5.74) is 1.17. The Hall–Kier alpha value is 0.770. The number of rotatable bonds is 0. The number of fused-ring (bicyclic) bond motifs is 1. The first-order chi connectivity index (χ1) is 4.16. The highest BCUT2D eigenvalue weighted by molar-refractivity contribution is 9.10. The SMILES string of the molecule is ClC1(Br)C2(CC2)C12CC2. The van der Waals surface area contributed by atoms with Crippen molar-refractivity contribution in [3.05, 3.63) is 0 Å². The third kappa shape index (κ3) is 0.314. The second-order valence-corrected chi connectivity index (χ2v) is 5.95. The largest absolute Gasteiger partial charge is 0.112 e. The molecule has 0 aromatic heterocycles. The Kier molecular flexibility index (Phi) is 0.615. The maximum atomic E-state index is 6.27. The molecule has 9 heavy (non-hydrogen) atoms. The minimum atomic E-state index is 0.0486. The molecule has 50 valence electrons. The summed E-state index contributed by atoms with van der Waals surface area (Å²) in [5, 5.41) is 0. The minimum absolute atomic E-state index is 0.0486. The summed E-state index contributed by atoms with van der Waals surface area (Å²) >= 11 is 9.89. The van der Waals surface area contributed by atoms with Gasteiger partial charge >= 0.3 is 0 Å². The van der Waals surface area contributed by atoms with Crippen LogP contribution >= 0.6 is 27.5 Å². The van der Waals surface area contributed by atoms with Gasteiger partial charge in [0.15, 0.2) is 0 Å². The summed E-state index contributed by atoms with van der Waals surface area (Å²) < 4.78 is 0.0486. The van der Waals surface area contributed by atoms with Gasteiger partial charge in [-0.2, -0.15) is 0 Å². The van der Waals surface area contributed by atoms with Crippen LogP contribution < -0.4 is 0 Å². The summed E-state index contributed by atoms with van der Waals surface area (Å²) in [6.07, 6.45) is 5.51. The molecular formula is C7H8BrCl. The predicted octanol–water partition coefficient (Wildman–Crippen LogP) is 2.89. The van der Waals surface area contributed by atoms with Crippen LogP contribution in [0.25, 0.3) is 0 Å². The highest BCUT2D eigenvalue weighted by Crippen LogP contribution is 2.98. The van der Waals surface area contributed by atoms with Crippen molar-refractivity contribution in [1.82, 2.24) is 0 Å². The molecule has 0 unspecified atom stereocenters. The fraction of sp³-hybridized carbons (Fsp3) is 1.00. The molecule has 0 saturated heterocycles. The molecule has 0 amide bonds. The maximum Gasteiger partial charge on any atom is 0.112 e. The smallest absolute Gasteiger partial charge is 0.105 e. The molecule has 0 aliphatic heterocycles. The van der Waals surface area contributed by atoms with Crippen molar-refractivity contribution < 1.29 is 0 Å². The zero-order chi connectivity index (χ0) is 6.33. The van der Waals surface area contributed by atoms with Crippen molar-refractivity contribution in [3.63, 3.8) is 0 Å². The average Bonchev–Trinajstić information content (AvgIpc) is 2.60. The first-order valence-corrected chi connectivity index (χ1v) is 4.71. The van der Waals surface area contributed by atoms with Crippen LogP contribution in [0.5, 0.6) is 0 Å². The molecule has 3 aliphatic carbocycles. The molecule has 0 aromatic carbocycles. The van der Waals surface area contributed by atoms with Gasteiger partial charge in [0.2, 0.25) is 0 Å². The van der Waals surface area contributed by atoms with Gasteiger partial charge in [0.25, 0.3) is 0 Å². The second-order valence-electron chi connectivity index (χ2n) is 3.74. The van der Waals surface area contributed by atoms with E-state index in [1.165, 1.54) is 25.7 Å². The Balaban J connectivity index is 2.11. The highest BCUT2D eigenvalue weighted by atomic mass is 79.9. The number of hydrogen-bond acceptors (Lipinski definition) is 0. The summed E-state index contributed by atoms with van der Waals surface area (Å²) in [7, 11) is 0. The maximum absolute atomic E-state index is 6.27. The van der Waals surface area contributed by atoms with Crippen LogP contribution in [0.3, 0.4) is 0 Å². The molecule has 0 aromatic rings. The van der Waals surface area contributed by atoms with Gasteiger partial charge in [-0.1, -0.05) is 15.9 Å². The lowest BCUT2D eigenvalue weighted by Gasteiger charge is -1.90. The van der Waals surface area contributed by atoms with E-state index >= 15 is 0 Å². The Labute approximate surface area is 68.1 Å². The van der Waals surface area contributed by atoms with Gasteiger partial charge in [-0.15, -0.1) is 11.6 Å². The summed E-state index contributed by atoms with van der Waals surface area (Å²) in [6, 6.07) is 0. The second kappa shape index (κ2) is 1.02. The molecule has 2 spiro atoms. The molecule has 3 fully saturated rings. The first kappa shape index (κ1) is 5.42. The van der Waals surface area contributed by atoms with E-state index < -0.39 is 0 Å². The minimum Gasteiger partial charge on any atom is -0.105 e. The molecule has 0 N–H and O–H groups in total. The summed E-state index contributed by atoms with van der Waals surface area (Å²) in [5.74, 6) is 0. The van der Waals surface area contributed by atoms with E-state index in [2.05, 4.69) is 15.9 Å². The van der Waals surface area contributed by atoms with Crippen LogP contribution in [-0.4, -0.2) is 3.78 Å². The van der Waals surface area contributed by atoms with Crippen molar-refractivity contribution in [2.75, 3.05) is 0 Å². The standard InChI is InChI=1S/C7H8BrCl/c8-7(9)5(1-2-5)6(7)3-4-6/h1-4H2. The van der Waals surface area contributed by atoms with Gasteiger partial charge in [0.1, 0.15) is 3.78 Å². The van der Waals surface area contributed by atoms with Crippen LogP contribution in [0.2, 0.25) is 0 Å². The molecule has 2 heteroatoms. The van der Waals surface area contributed by atoms with E-state index in [1.54, 1.807) is 0 Å². The van der Waals surface area contributed by atoms with Crippen molar-refractivity contribution in [3.8, 4) is 0 Å². The van der Waals surface area contributed by atoms with Crippen molar-refractivity contribution in [1.29, 1.82) is 0 Å². The average molecular weight is 207 g/mol. The first-order valence-electron chi connectivity index (χ1n) is 3.54. The van der Waals surface area contributed by atoms with Crippen LogP contribution in [0.4, 0.5) is 0 Å². The monoisotopic (exact) mass is 206 g/mol. The Morgan fingerprint density at radius 3 is 1.44 bits per heavy atom. The van der Waals surface area contributed by atoms with Crippen LogP contribution in [0, 0.1) is 10.8 Å². The van der Waals surface area contributed by atoms with Crippen molar-refractivity contribution in [2.45, 2.75) is 29.5 Å². The lowest BCUT2D eigenvalue weighted by atomic mass is 10.3. The van der Waals surface area contributed by atoms with Crippen molar-refractivity contribution in [2.24, 2.45) is 10.8 Å². The van der Waals surface area contributed by atoms with Gasteiger partial charge in [0, 0.05) is 10.8 Å². The number of halogens is 2. The predicted molar refractivity (Wildman–Crippen MR) is 40.8 cm³/mol. The van der Waals surface area contributed by atoms with E-state index in [9.17, 15) is 0 Å². The molecule has 0 bridgehead atoms. The third-order valence-corrected chi connectivity index (χ3v) is 5.80.